The van der Waals surface area contributed by atoms with Crippen molar-refractivity contribution in [3.8, 4) is 0 Å². The van der Waals surface area contributed by atoms with Crippen LogP contribution in [0.15, 0.2) is 66.7 Å². The lowest BCUT2D eigenvalue weighted by atomic mass is 10.1. The van der Waals surface area contributed by atoms with Crippen molar-refractivity contribution in [2.45, 2.75) is 6.42 Å². The molecule has 0 saturated carbocycles. The maximum atomic E-state index is 12.3. The van der Waals surface area contributed by atoms with Crippen molar-refractivity contribution in [1.29, 1.82) is 0 Å². The van der Waals surface area contributed by atoms with Gasteiger partial charge in [-0.1, -0.05) is 42.5 Å². The minimum absolute atomic E-state index is 0.0202. The van der Waals surface area contributed by atoms with Gasteiger partial charge in [-0.2, -0.15) is 0 Å². The lowest BCUT2D eigenvalue weighted by molar-refractivity contribution is -0.119. The fourth-order valence-corrected chi connectivity index (χ4v) is 4.08. The SMILES string of the molecule is CN(CC(=O)NCCc1nc2ccccc2s1)c1ccc2ccccc2c1. The molecule has 0 spiro atoms. The number of hydrogen-bond acceptors (Lipinski definition) is 4. The number of benzene rings is 3. The van der Waals surface area contributed by atoms with Gasteiger partial charge in [0.15, 0.2) is 0 Å². The average Bonchev–Trinajstić information content (AvgIpc) is 3.10. The lowest BCUT2D eigenvalue weighted by Crippen LogP contribution is -2.36. The number of carbonyl (C=O) groups is 1. The molecule has 136 valence electrons. The van der Waals surface area contributed by atoms with Crippen molar-refractivity contribution in [3.05, 3.63) is 71.7 Å². The number of hydrogen-bond donors (Lipinski definition) is 1. The molecule has 0 aliphatic carbocycles. The van der Waals surface area contributed by atoms with Gasteiger partial charge in [-0.3, -0.25) is 4.79 Å². The van der Waals surface area contributed by atoms with Gasteiger partial charge >= 0.3 is 0 Å². The van der Waals surface area contributed by atoms with E-state index in [9.17, 15) is 4.79 Å². The van der Waals surface area contributed by atoms with Crippen LogP contribution in [0.25, 0.3) is 21.0 Å². The first-order valence-electron chi connectivity index (χ1n) is 9.00. The number of fused-ring (bicyclic) bond motifs is 2. The fourth-order valence-electron chi connectivity index (χ4n) is 3.11. The number of amides is 1. The zero-order chi connectivity index (χ0) is 18.6. The first-order chi connectivity index (χ1) is 13.2. The Hall–Kier alpha value is -2.92. The van der Waals surface area contributed by atoms with E-state index in [0.717, 1.165) is 22.6 Å². The number of nitrogens with zero attached hydrogens (tertiary/aromatic N) is 2. The van der Waals surface area contributed by atoms with Gasteiger partial charge in [-0.05, 0) is 35.0 Å². The van der Waals surface area contributed by atoms with E-state index in [1.807, 2.05) is 42.3 Å². The van der Waals surface area contributed by atoms with Crippen LogP contribution in [0.5, 0.6) is 0 Å². The third-order valence-corrected chi connectivity index (χ3v) is 5.65. The Morgan fingerprint density at radius 3 is 2.67 bits per heavy atom. The van der Waals surface area contributed by atoms with Gasteiger partial charge in [0.1, 0.15) is 0 Å². The molecular formula is C22H21N3OS. The molecule has 4 aromatic rings. The highest BCUT2D eigenvalue weighted by Crippen LogP contribution is 2.22. The minimum atomic E-state index is 0.0202. The highest BCUT2D eigenvalue weighted by Gasteiger charge is 2.09. The topological polar surface area (TPSA) is 45.2 Å². The number of likely N-dealkylation sites (N-methyl/N-ethyl adjacent to an activating group) is 1. The van der Waals surface area contributed by atoms with E-state index < -0.39 is 0 Å². The molecule has 0 fully saturated rings. The van der Waals surface area contributed by atoms with E-state index in [2.05, 4.69) is 46.7 Å². The maximum Gasteiger partial charge on any atom is 0.239 e. The Labute approximate surface area is 162 Å². The number of nitrogens with one attached hydrogen (secondary N) is 1. The van der Waals surface area contributed by atoms with Crippen LogP contribution in [0.1, 0.15) is 5.01 Å². The Morgan fingerprint density at radius 1 is 1.04 bits per heavy atom. The highest BCUT2D eigenvalue weighted by atomic mass is 32.1. The quantitative estimate of drug-likeness (QED) is 0.548. The van der Waals surface area contributed by atoms with E-state index in [0.29, 0.717) is 13.1 Å². The third kappa shape index (κ3) is 4.09. The summed E-state index contributed by atoms with van der Waals surface area (Å²) in [4.78, 5) is 18.9. The smallest absolute Gasteiger partial charge is 0.239 e. The van der Waals surface area contributed by atoms with Crippen molar-refractivity contribution >= 4 is 43.9 Å². The van der Waals surface area contributed by atoms with Gasteiger partial charge < -0.3 is 10.2 Å². The molecule has 1 aromatic heterocycles. The summed E-state index contributed by atoms with van der Waals surface area (Å²) < 4.78 is 1.19. The van der Waals surface area contributed by atoms with Gasteiger partial charge in [0.05, 0.1) is 21.8 Å². The number of carbonyl (C=O) groups excluding carboxylic acids is 1. The lowest BCUT2D eigenvalue weighted by Gasteiger charge is -2.19. The van der Waals surface area contributed by atoms with E-state index in [1.165, 1.54) is 15.5 Å². The largest absolute Gasteiger partial charge is 0.365 e. The predicted molar refractivity (Wildman–Crippen MR) is 114 cm³/mol. The van der Waals surface area contributed by atoms with Crippen molar-refractivity contribution in [2.75, 3.05) is 25.0 Å². The van der Waals surface area contributed by atoms with Crippen molar-refractivity contribution in [3.63, 3.8) is 0 Å². The average molecular weight is 375 g/mol. The monoisotopic (exact) mass is 375 g/mol. The van der Waals surface area contributed by atoms with Crippen molar-refractivity contribution in [1.82, 2.24) is 10.3 Å². The number of thiazole rings is 1. The molecule has 0 atom stereocenters. The van der Waals surface area contributed by atoms with E-state index in [4.69, 9.17) is 0 Å². The minimum Gasteiger partial charge on any atom is -0.365 e. The Kier molecular flexibility index (Phi) is 5.03. The molecule has 27 heavy (non-hydrogen) atoms. The molecule has 5 heteroatoms. The summed E-state index contributed by atoms with van der Waals surface area (Å²) in [5, 5.41) is 6.44. The molecule has 0 unspecified atom stereocenters. The summed E-state index contributed by atoms with van der Waals surface area (Å²) in [5.41, 5.74) is 2.06. The van der Waals surface area contributed by atoms with Crippen molar-refractivity contribution in [2.24, 2.45) is 0 Å². The van der Waals surface area contributed by atoms with Gasteiger partial charge in [-0.15, -0.1) is 11.3 Å². The fraction of sp³-hybridized carbons (Fsp3) is 0.182. The maximum absolute atomic E-state index is 12.3. The van der Waals surface area contributed by atoms with Crippen LogP contribution in [0.3, 0.4) is 0 Å². The zero-order valence-corrected chi connectivity index (χ0v) is 16.0. The molecule has 3 aromatic carbocycles. The van der Waals surface area contributed by atoms with E-state index in [-0.39, 0.29) is 5.91 Å². The molecule has 1 N–H and O–H groups in total. The molecule has 1 heterocycles. The summed E-state index contributed by atoms with van der Waals surface area (Å²) >= 11 is 1.69. The van der Waals surface area contributed by atoms with Crippen LogP contribution in [-0.4, -0.2) is 31.0 Å². The number of para-hydroxylation sites is 1. The molecule has 0 saturated heterocycles. The Morgan fingerprint density at radius 2 is 1.81 bits per heavy atom. The van der Waals surface area contributed by atoms with Crippen molar-refractivity contribution < 1.29 is 4.79 Å². The molecule has 4 nitrogen and oxygen atoms in total. The molecular weight excluding hydrogens is 354 g/mol. The standard InChI is InChI=1S/C22H21N3OS/c1-25(18-11-10-16-6-2-3-7-17(16)14-18)15-21(26)23-13-12-22-24-19-8-4-5-9-20(19)27-22/h2-11,14H,12-13,15H2,1H3,(H,23,26). The number of rotatable bonds is 6. The summed E-state index contributed by atoms with van der Waals surface area (Å²) in [6.45, 7) is 0.933. The Balaban J connectivity index is 1.31. The second kappa shape index (κ2) is 7.76. The summed E-state index contributed by atoms with van der Waals surface area (Å²) in [6, 6.07) is 22.6. The van der Waals surface area contributed by atoms with E-state index >= 15 is 0 Å². The molecule has 0 radical (unpaired) electrons. The number of aromatic nitrogens is 1. The summed E-state index contributed by atoms with van der Waals surface area (Å²) in [6.07, 6.45) is 0.755. The second-order valence-corrected chi connectivity index (χ2v) is 7.68. The zero-order valence-electron chi connectivity index (χ0n) is 15.2. The highest BCUT2D eigenvalue weighted by molar-refractivity contribution is 7.18. The van der Waals surface area contributed by atoms with Crippen LogP contribution < -0.4 is 10.2 Å². The van der Waals surface area contributed by atoms with Gasteiger partial charge in [-0.25, -0.2) is 4.98 Å². The molecule has 0 aliphatic heterocycles. The first-order valence-corrected chi connectivity index (χ1v) is 9.82. The molecule has 4 rings (SSSR count). The van der Waals surface area contributed by atoms with Gasteiger partial charge in [0.25, 0.3) is 0 Å². The normalized spacial score (nSPS) is 11.0. The van der Waals surface area contributed by atoms with Crippen LogP contribution in [-0.2, 0) is 11.2 Å². The van der Waals surface area contributed by atoms with Gasteiger partial charge in [0.2, 0.25) is 5.91 Å². The second-order valence-electron chi connectivity index (χ2n) is 6.56. The van der Waals surface area contributed by atoms with Crippen LogP contribution in [0.4, 0.5) is 5.69 Å². The molecule has 0 bridgehead atoms. The number of anilines is 1. The summed E-state index contributed by atoms with van der Waals surface area (Å²) in [7, 11) is 1.94. The predicted octanol–water partition coefficient (Wildman–Crippen LogP) is 4.24. The van der Waals surface area contributed by atoms with Gasteiger partial charge in [0, 0.05) is 25.7 Å². The van der Waals surface area contributed by atoms with Crippen LogP contribution in [0.2, 0.25) is 0 Å². The molecule has 1 amide bonds. The Bertz CT molecular complexity index is 1060. The summed E-state index contributed by atoms with van der Waals surface area (Å²) in [5.74, 6) is 0.0202. The molecule has 0 aliphatic rings. The van der Waals surface area contributed by atoms with E-state index in [1.54, 1.807) is 11.3 Å². The third-order valence-electron chi connectivity index (χ3n) is 4.55. The van der Waals surface area contributed by atoms with Crippen LogP contribution >= 0.6 is 11.3 Å². The first kappa shape index (κ1) is 17.5. The van der Waals surface area contributed by atoms with Crippen LogP contribution in [0, 0.1) is 0 Å².